The van der Waals surface area contributed by atoms with Crippen LogP contribution in [0.2, 0.25) is 5.02 Å². The van der Waals surface area contributed by atoms with Gasteiger partial charge in [0, 0.05) is 23.2 Å². The maximum Gasteiger partial charge on any atom is 0.328 e. The lowest BCUT2D eigenvalue weighted by Crippen LogP contribution is -2.25. The van der Waals surface area contributed by atoms with E-state index in [9.17, 15) is 9.59 Å². The van der Waals surface area contributed by atoms with Gasteiger partial charge in [0.15, 0.2) is 11.5 Å². The van der Waals surface area contributed by atoms with Crippen molar-refractivity contribution in [2.24, 2.45) is 0 Å². The van der Waals surface area contributed by atoms with E-state index in [0.29, 0.717) is 35.1 Å². The van der Waals surface area contributed by atoms with Crippen molar-refractivity contribution in [1.82, 2.24) is 10.2 Å². The summed E-state index contributed by atoms with van der Waals surface area (Å²) >= 11 is 6.24. The molecule has 3 amide bonds. The first-order valence-corrected chi connectivity index (χ1v) is 9.90. The van der Waals surface area contributed by atoms with E-state index in [4.69, 9.17) is 21.1 Å². The van der Waals surface area contributed by atoms with Crippen LogP contribution in [0.1, 0.15) is 23.6 Å². The average Bonchev–Trinajstić information content (AvgIpc) is 2.95. The SMILES string of the molecule is C=CCc1cc(/C=C2/NC(=O)N(C)C2=O)cc(OCC)c1OCc1ccccc1Cl. The number of ether oxygens (including phenoxy) is 2. The Kier molecular flexibility index (Phi) is 6.79. The lowest BCUT2D eigenvalue weighted by Gasteiger charge is -2.17. The van der Waals surface area contributed by atoms with Gasteiger partial charge < -0.3 is 14.8 Å². The zero-order valence-corrected chi connectivity index (χ0v) is 17.7. The monoisotopic (exact) mass is 426 g/mol. The number of benzene rings is 2. The van der Waals surface area contributed by atoms with Crippen LogP contribution in [0.3, 0.4) is 0 Å². The lowest BCUT2D eigenvalue weighted by atomic mass is 10.0. The minimum Gasteiger partial charge on any atom is -0.490 e. The van der Waals surface area contributed by atoms with Crippen LogP contribution >= 0.6 is 11.6 Å². The maximum absolute atomic E-state index is 12.2. The van der Waals surface area contributed by atoms with Crippen LogP contribution in [0.25, 0.3) is 6.08 Å². The topological polar surface area (TPSA) is 67.9 Å². The predicted molar refractivity (Wildman–Crippen MR) is 117 cm³/mol. The van der Waals surface area contributed by atoms with Gasteiger partial charge >= 0.3 is 6.03 Å². The highest BCUT2D eigenvalue weighted by Gasteiger charge is 2.30. The molecule has 1 heterocycles. The predicted octanol–water partition coefficient (Wildman–Crippen LogP) is 4.57. The molecule has 3 rings (SSSR count). The molecule has 6 nitrogen and oxygen atoms in total. The molecule has 0 aliphatic carbocycles. The molecule has 1 aliphatic rings. The van der Waals surface area contributed by atoms with Gasteiger partial charge in [0.05, 0.1) is 6.61 Å². The summed E-state index contributed by atoms with van der Waals surface area (Å²) in [6.07, 6.45) is 3.92. The standard InChI is InChI=1S/C23H23ClN2O4/c1-4-8-16-11-15(12-19-22(27)26(3)23(28)25-19)13-20(29-5-2)21(16)30-14-17-9-6-7-10-18(17)24/h4,6-7,9-13H,1,5,8,14H2,2-3H3,(H,25,28)/b19-12+. The Labute approximate surface area is 180 Å². The van der Waals surface area contributed by atoms with Crippen molar-refractivity contribution >= 4 is 29.6 Å². The largest absolute Gasteiger partial charge is 0.490 e. The Morgan fingerprint density at radius 1 is 1.17 bits per heavy atom. The van der Waals surface area contributed by atoms with Crippen molar-refractivity contribution < 1.29 is 19.1 Å². The van der Waals surface area contributed by atoms with Crippen molar-refractivity contribution in [3.63, 3.8) is 0 Å². The summed E-state index contributed by atoms with van der Waals surface area (Å²) in [5, 5.41) is 3.19. The summed E-state index contributed by atoms with van der Waals surface area (Å²) in [6.45, 7) is 6.42. The molecule has 156 valence electrons. The third-order valence-electron chi connectivity index (χ3n) is 4.54. The summed E-state index contributed by atoms with van der Waals surface area (Å²) in [7, 11) is 1.43. The van der Waals surface area contributed by atoms with Crippen LogP contribution in [0.15, 0.2) is 54.8 Å². The second kappa shape index (κ2) is 9.50. The molecule has 0 bridgehead atoms. The average molecular weight is 427 g/mol. The molecule has 0 atom stereocenters. The fourth-order valence-electron chi connectivity index (χ4n) is 3.06. The molecule has 0 spiro atoms. The second-order valence-electron chi connectivity index (χ2n) is 6.67. The van der Waals surface area contributed by atoms with Crippen LogP contribution in [0.4, 0.5) is 4.79 Å². The number of halogens is 1. The van der Waals surface area contributed by atoms with Gasteiger partial charge in [-0.1, -0.05) is 35.9 Å². The highest BCUT2D eigenvalue weighted by Crippen LogP contribution is 2.36. The molecule has 30 heavy (non-hydrogen) atoms. The van der Waals surface area contributed by atoms with Crippen LogP contribution in [-0.2, 0) is 17.8 Å². The minimum atomic E-state index is -0.456. The van der Waals surface area contributed by atoms with E-state index in [-0.39, 0.29) is 18.2 Å². The molecule has 1 fully saturated rings. The number of hydrogen-bond donors (Lipinski definition) is 1. The summed E-state index contributed by atoms with van der Waals surface area (Å²) in [5.74, 6) is 0.751. The molecule has 7 heteroatoms. The third kappa shape index (κ3) is 4.66. The Balaban J connectivity index is 1.98. The van der Waals surface area contributed by atoms with Gasteiger partial charge in [-0.2, -0.15) is 0 Å². The maximum atomic E-state index is 12.2. The van der Waals surface area contributed by atoms with Crippen LogP contribution in [-0.4, -0.2) is 30.5 Å². The summed E-state index contributed by atoms with van der Waals surface area (Å²) in [4.78, 5) is 24.9. The van der Waals surface area contributed by atoms with E-state index >= 15 is 0 Å². The van der Waals surface area contributed by atoms with E-state index in [1.165, 1.54) is 7.05 Å². The van der Waals surface area contributed by atoms with Crippen molar-refractivity contribution in [2.45, 2.75) is 20.0 Å². The fourth-order valence-corrected chi connectivity index (χ4v) is 3.25. The number of amides is 3. The molecule has 1 saturated heterocycles. The van der Waals surface area contributed by atoms with Gasteiger partial charge in [-0.3, -0.25) is 9.69 Å². The van der Waals surface area contributed by atoms with Crippen molar-refractivity contribution in [3.8, 4) is 11.5 Å². The number of rotatable bonds is 8. The Morgan fingerprint density at radius 3 is 2.57 bits per heavy atom. The Morgan fingerprint density at radius 2 is 1.93 bits per heavy atom. The van der Waals surface area contributed by atoms with Gasteiger partial charge in [0.1, 0.15) is 12.3 Å². The third-order valence-corrected chi connectivity index (χ3v) is 4.91. The number of allylic oxidation sites excluding steroid dienone is 1. The number of nitrogens with one attached hydrogen (secondary N) is 1. The van der Waals surface area contributed by atoms with E-state index < -0.39 is 6.03 Å². The number of likely N-dealkylation sites (N-methyl/N-ethyl adjacent to an activating group) is 1. The molecule has 0 aromatic heterocycles. The summed E-state index contributed by atoms with van der Waals surface area (Å²) in [5.41, 5.74) is 2.62. The zero-order valence-electron chi connectivity index (χ0n) is 16.9. The lowest BCUT2D eigenvalue weighted by molar-refractivity contribution is -0.121. The van der Waals surface area contributed by atoms with Crippen molar-refractivity contribution in [1.29, 1.82) is 0 Å². The molecular weight excluding hydrogens is 404 g/mol. The highest BCUT2D eigenvalue weighted by atomic mass is 35.5. The minimum absolute atomic E-state index is 0.208. The number of carbonyl (C=O) groups is 2. The van der Waals surface area contributed by atoms with Gasteiger partial charge in [-0.15, -0.1) is 6.58 Å². The second-order valence-corrected chi connectivity index (χ2v) is 7.07. The van der Waals surface area contributed by atoms with Crippen LogP contribution in [0.5, 0.6) is 11.5 Å². The number of urea groups is 1. The van der Waals surface area contributed by atoms with Gasteiger partial charge in [0.2, 0.25) is 0 Å². The van der Waals surface area contributed by atoms with Crippen molar-refractivity contribution in [2.75, 3.05) is 13.7 Å². The summed E-state index contributed by atoms with van der Waals surface area (Å²) < 4.78 is 11.9. The first-order valence-electron chi connectivity index (χ1n) is 9.52. The fraction of sp³-hybridized carbons (Fsp3) is 0.217. The first kappa shape index (κ1) is 21.5. The molecule has 1 aliphatic heterocycles. The molecule has 2 aromatic carbocycles. The molecule has 0 radical (unpaired) electrons. The van der Waals surface area contributed by atoms with E-state index in [1.54, 1.807) is 18.2 Å². The molecule has 0 saturated carbocycles. The Hall–Kier alpha value is -3.25. The van der Waals surface area contributed by atoms with Crippen molar-refractivity contribution in [3.05, 3.63) is 76.5 Å². The number of hydrogen-bond acceptors (Lipinski definition) is 4. The number of imide groups is 1. The molecule has 0 unspecified atom stereocenters. The number of nitrogens with zero attached hydrogens (tertiary/aromatic N) is 1. The van der Waals surface area contributed by atoms with E-state index in [1.807, 2.05) is 37.3 Å². The Bertz CT molecular complexity index is 1020. The molecular formula is C23H23ClN2O4. The van der Waals surface area contributed by atoms with E-state index in [2.05, 4.69) is 11.9 Å². The zero-order chi connectivity index (χ0) is 21.7. The molecule has 1 N–H and O–H groups in total. The highest BCUT2D eigenvalue weighted by molar-refractivity contribution is 6.31. The van der Waals surface area contributed by atoms with E-state index in [0.717, 1.165) is 16.0 Å². The smallest absolute Gasteiger partial charge is 0.328 e. The normalized spacial score (nSPS) is 14.8. The van der Waals surface area contributed by atoms with Crippen LogP contribution < -0.4 is 14.8 Å². The van der Waals surface area contributed by atoms with Gasteiger partial charge in [0.25, 0.3) is 5.91 Å². The van der Waals surface area contributed by atoms with Crippen LogP contribution in [0, 0.1) is 0 Å². The quantitative estimate of drug-likeness (QED) is 0.381. The first-order chi connectivity index (χ1) is 14.4. The van der Waals surface area contributed by atoms with Gasteiger partial charge in [-0.05, 0) is 43.2 Å². The molecule has 2 aromatic rings. The van der Waals surface area contributed by atoms with Gasteiger partial charge in [-0.25, -0.2) is 4.79 Å². The number of carbonyl (C=O) groups excluding carboxylic acids is 2. The summed E-state index contributed by atoms with van der Waals surface area (Å²) in [6, 6.07) is 10.7.